The quantitative estimate of drug-likeness (QED) is 0.506. The first kappa shape index (κ1) is 29.1. The lowest BCUT2D eigenvalue weighted by atomic mass is 9.78. The van der Waals surface area contributed by atoms with Crippen molar-refractivity contribution in [3.63, 3.8) is 0 Å². The highest BCUT2D eigenvalue weighted by atomic mass is 35.5. The molecule has 6 nitrogen and oxygen atoms in total. The van der Waals surface area contributed by atoms with Gasteiger partial charge in [-0.25, -0.2) is 0 Å². The summed E-state index contributed by atoms with van der Waals surface area (Å²) in [5.74, 6) is 1.24. The van der Waals surface area contributed by atoms with E-state index < -0.39 is 0 Å². The van der Waals surface area contributed by atoms with Gasteiger partial charge in [-0.2, -0.15) is 0 Å². The highest BCUT2D eigenvalue weighted by Crippen LogP contribution is 2.34. The van der Waals surface area contributed by atoms with E-state index in [2.05, 4.69) is 42.4 Å². The molecule has 0 radical (unpaired) electrons. The van der Waals surface area contributed by atoms with Crippen LogP contribution in [0.4, 0.5) is 0 Å². The van der Waals surface area contributed by atoms with E-state index in [0.717, 1.165) is 60.0 Å². The van der Waals surface area contributed by atoms with Crippen molar-refractivity contribution in [1.29, 1.82) is 0 Å². The molecule has 1 aromatic rings. The Morgan fingerprint density at radius 2 is 1.98 bits per heavy atom. The van der Waals surface area contributed by atoms with Crippen molar-refractivity contribution in [3.8, 4) is 0 Å². The Balaban J connectivity index is 1.26. The average molecular weight is 567 g/mol. The first-order valence-electron chi connectivity index (χ1n) is 15.0. The minimum absolute atomic E-state index is 0.0719. The van der Waals surface area contributed by atoms with Crippen LogP contribution in [0.3, 0.4) is 0 Å². The third-order valence-electron chi connectivity index (χ3n) is 9.00. The smallest absolute Gasteiger partial charge is 0.251 e. The zero-order chi connectivity index (χ0) is 28.1. The van der Waals surface area contributed by atoms with Gasteiger partial charge in [-0.15, -0.1) is 0 Å². The Bertz CT molecular complexity index is 1280. The summed E-state index contributed by atoms with van der Waals surface area (Å²) < 4.78 is 11.1. The number of ketones is 1. The van der Waals surface area contributed by atoms with Gasteiger partial charge in [0.2, 0.25) is 0 Å². The van der Waals surface area contributed by atoms with Crippen LogP contribution in [0.15, 0.2) is 34.9 Å². The Hall–Kier alpha value is -2.41. The van der Waals surface area contributed by atoms with Crippen LogP contribution in [0.1, 0.15) is 74.2 Å². The number of Topliss-reactive ketones (excluding diaryl/α,β-unsaturated/α-hetero) is 1. The van der Waals surface area contributed by atoms with Crippen LogP contribution in [-0.4, -0.2) is 61.6 Å². The fraction of sp³-hybridized carbons (Fsp3) is 0.576. The zero-order valence-electron chi connectivity index (χ0n) is 23.9. The van der Waals surface area contributed by atoms with Gasteiger partial charge < -0.3 is 19.7 Å². The predicted octanol–water partition coefficient (Wildman–Crippen LogP) is 4.36. The van der Waals surface area contributed by atoms with Crippen molar-refractivity contribution in [2.75, 3.05) is 32.9 Å². The van der Waals surface area contributed by atoms with Crippen molar-refractivity contribution in [1.82, 2.24) is 10.2 Å². The molecule has 2 aliphatic carbocycles. The normalized spacial score (nSPS) is 26.8. The monoisotopic (exact) mass is 566 g/mol. The van der Waals surface area contributed by atoms with Crippen molar-refractivity contribution in [3.05, 3.63) is 56.5 Å². The number of rotatable bonds is 8. The van der Waals surface area contributed by atoms with Gasteiger partial charge in [0, 0.05) is 47.6 Å². The average Bonchev–Trinajstić information content (AvgIpc) is 3.12. The second kappa shape index (κ2) is 13.5. The number of fused-ring (bicyclic) bond motifs is 1. The predicted molar refractivity (Wildman–Crippen MR) is 159 cm³/mol. The molecule has 5 rings (SSSR count). The molecule has 1 aromatic carbocycles. The van der Waals surface area contributed by atoms with Crippen molar-refractivity contribution in [2.45, 2.75) is 77.4 Å². The van der Waals surface area contributed by atoms with Crippen LogP contribution in [0.5, 0.6) is 0 Å². The summed E-state index contributed by atoms with van der Waals surface area (Å²) in [5.41, 5.74) is 2.65. The fourth-order valence-corrected chi connectivity index (χ4v) is 6.71. The van der Waals surface area contributed by atoms with Gasteiger partial charge in [0.05, 0.1) is 25.9 Å². The van der Waals surface area contributed by atoms with E-state index in [1.807, 2.05) is 18.2 Å². The molecule has 2 heterocycles. The van der Waals surface area contributed by atoms with E-state index in [1.54, 1.807) is 0 Å². The molecule has 1 saturated carbocycles. The number of ether oxygens (including phenoxy) is 2. The molecule has 4 aliphatic rings. The molecule has 4 atom stereocenters. The number of halogens is 1. The molecule has 7 heteroatoms. The third-order valence-corrected chi connectivity index (χ3v) is 9.31. The van der Waals surface area contributed by atoms with Gasteiger partial charge in [0.1, 0.15) is 0 Å². The first-order chi connectivity index (χ1) is 19.4. The number of benzene rings is 1. The number of carbonyl (C=O) groups excluding carboxylic acids is 2. The summed E-state index contributed by atoms with van der Waals surface area (Å²) in [5, 5.41) is 6.20. The molecule has 1 amide bonds. The minimum atomic E-state index is -0.0978. The van der Waals surface area contributed by atoms with Crippen molar-refractivity contribution < 1.29 is 19.1 Å². The summed E-state index contributed by atoms with van der Waals surface area (Å²) in [4.78, 5) is 28.6. The minimum Gasteiger partial charge on any atom is -0.376 e. The molecule has 1 N–H and O–H groups in total. The van der Waals surface area contributed by atoms with Gasteiger partial charge in [-0.1, -0.05) is 36.2 Å². The van der Waals surface area contributed by atoms with Crippen LogP contribution >= 0.6 is 11.6 Å². The lowest BCUT2D eigenvalue weighted by Crippen LogP contribution is -2.41. The molecule has 2 aliphatic heterocycles. The maximum absolute atomic E-state index is 13.1. The molecule has 0 bridgehead atoms. The van der Waals surface area contributed by atoms with Gasteiger partial charge in [0.15, 0.2) is 5.78 Å². The lowest BCUT2D eigenvalue weighted by molar-refractivity contribution is -0.117. The standard InChI is InChI=1S/C33H43ClN2O4/c1-22-6-7-26-10-13-30(33(38)35-18-29-21-39-14-15-40-29)23(2)31(26)20-36(22)19-25-5-3-4-24(16-25)17-32(37)27-8-11-28(34)12-9-27/h7-8,10-11,13,20,22,24-25,29H,3-6,9,12,14-19,21H2,1-2H3,(H,35,38). The summed E-state index contributed by atoms with van der Waals surface area (Å²) in [7, 11) is 0. The van der Waals surface area contributed by atoms with Crippen molar-refractivity contribution in [2.24, 2.45) is 11.8 Å². The topological polar surface area (TPSA) is 67.9 Å². The van der Waals surface area contributed by atoms with Gasteiger partial charge >= 0.3 is 0 Å². The van der Waals surface area contributed by atoms with E-state index in [0.29, 0.717) is 62.0 Å². The molecule has 0 spiro atoms. The second-order valence-electron chi connectivity index (χ2n) is 12.0. The van der Waals surface area contributed by atoms with Gasteiger partial charge in [0.25, 0.3) is 5.91 Å². The Labute approximate surface area is 243 Å². The van der Waals surface area contributed by atoms with E-state index >= 15 is 0 Å². The lowest BCUT2D eigenvalue weighted by Gasteiger charge is -2.35. The molecular formula is C33H43ClN2O4. The third kappa shape index (κ3) is 7.26. The maximum atomic E-state index is 13.1. The number of hydrogen-bond donors (Lipinski definition) is 1. The highest BCUT2D eigenvalue weighted by Gasteiger charge is 2.27. The molecule has 1 saturated heterocycles. The van der Waals surface area contributed by atoms with E-state index in [-0.39, 0.29) is 12.0 Å². The molecule has 4 unspecified atom stereocenters. The Morgan fingerprint density at radius 1 is 1.12 bits per heavy atom. The van der Waals surface area contributed by atoms with Gasteiger partial charge in [-0.3, -0.25) is 9.59 Å². The largest absolute Gasteiger partial charge is 0.376 e. The number of carbonyl (C=O) groups is 2. The zero-order valence-corrected chi connectivity index (χ0v) is 24.7. The maximum Gasteiger partial charge on any atom is 0.251 e. The first-order valence-corrected chi connectivity index (χ1v) is 15.4. The molecular weight excluding hydrogens is 524 g/mol. The van der Waals surface area contributed by atoms with Crippen molar-refractivity contribution >= 4 is 35.6 Å². The molecule has 40 heavy (non-hydrogen) atoms. The SMILES string of the molecule is Cc1c(C(=O)NCC2COCCO2)ccc2c1=CN(CC1CCCC(CC(=O)C3=CC=C(Cl)CC3)C1)C(C)CC=2. The molecule has 0 aromatic heterocycles. The Kier molecular flexibility index (Phi) is 9.82. The van der Waals surface area contributed by atoms with E-state index in [9.17, 15) is 9.59 Å². The second-order valence-corrected chi connectivity index (χ2v) is 12.5. The van der Waals surface area contributed by atoms with Crippen LogP contribution in [0.2, 0.25) is 0 Å². The number of nitrogens with one attached hydrogen (secondary N) is 1. The summed E-state index contributed by atoms with van der Waals surface area (Å²) in [6, 6.07) is 4.40. The van der Waals surface area contributed by atoms with Crippen LogP contribution < -0.4 is 15.8 Å². The van der Waals surface area contributed by atoms with Gasteiger partial charge in [-0.05, 0) is 92.7 Å². The summed E-state index contributed by atoms with van der Waals surface area (Å²) in [6.07, 6.45) is 16.1. The number of hydrogen-bond acceptors (Lipinski definition) is 5. The van der Waals surface area contributed by atoms with Crippen LogP contribution in [-0.2, 0) is 14.3 Å². The summed E-state index contributed by atoms with van der Waals surface area (Å²) in [6.45, 7) is 7.46. The Morgan fingerprint density at radius 3 is 2.75 bits per heavy atom. The molecule has 2 fully saturated rings. The van der Waals surface area contributed by atoms with E-state index in [4.69, 9.17) is 21.1 Å². The number of nitrogens with zero attached hydrogens (tertiary/aromatic N) is 1. The summed E-state index contributed by atoms with van der Waals surface area (Å²) >= 11 is 6.09. The molecule has 216 valence electrons. The van der Waals surface area contributed by atoms with Crippen LogP contribution in [0, 0.1) is 18.8 Å². The highest BCUT2D eigenvalue weighted by molar-refractivity contribution is 6.29. The number of amides is 1. The van der Waals surface area contributed by atoms with Crippen LogP contribution in [0.25, 0.3) is 12.3 Å². The fourth-order valence-electron chi connectivity index (χ4n) is 6.55. The van der Waals surface area contributed by atoms with E-state index in [1.165, 1.54) is 18.1 Å². The number of allylic oxidation sites excluding steroid dienone is 4.